The molecule has 2 aromatic rings. The van der Waals surface area contributed by atoms with Crippen molar-refractivity contribution in [1.29, 1.82) is 0 Å². The Bertz CT molecular complexity index is 665. The van der Waals surface area contributed by atoms with E-state index in [1.807, 2.05) is 0 Å². The van der Waals surface area contributed by atoms with Crippen molar-refractivity contribution in [3.8, 4) is 22.6 Å². The number of nitrogens with zero attached hydrogens (tertiary/aromatic N) is 2. The maximum Gasteiger partial charge on any atom is 0.420 e. The molecule has 21 heavy (non-hydrogen) atoms. The SMILES string of the molecule is COc1cc(-c2cnn(C)c2N)c(OC)c(C(F)(F)F)c1. The molecule has 0 radical (unpaired) electrons. The summed E-state index contributed by atoms with van der Waals surface area (Å²) in [7, 11) is 4.06. The zero-order valence-electron chi connectivity index (χ0n) is 11.7. The number of anilines is 1. The number of rotatable bonds is 3. The van der Waals surface area contributed by atoms with Crippen molar-refractivity contribution in [2.75, 3.05) is 20.0 Å². The van der Waals surface area contributed by atoms with Gasteiger partial charge in [-0.15, -0.1) is 0 Å². The molecule has 0 bridgehead atoms. The Morgan fingerprint density at radius 3 is 2.24 bits per heavy atom. The van der Waals surface area contributed by atoms with Gasteiger partial charge >= 0.3 is 6.18 Å². The average molecular weight is 301 g/mol. The van der Waals surface area contributed by atoms with Crippen LogP contribution in [-0.2, 0) is 13.2 Å². The fourth-order valence-corrected chi connectivity index (χ4v) is 2.01. The molecule has 0 aliphatic rings. The minimum absolute atomic E-state index is 0.0568. The molecule has 1 aromatic carbocycles. The van der Waals surface area contributed by atoms with E-state index in [0.717, 1.165) is 6.07 Å². The number of hydrogen-bond acceptors (Lipinski definition) is 4. The molecule has 5 nitrogen and oxygen atoms in total. The van der Waals surface area contributed by atoms with Crippen LogP contribution >= 0.6 is 0 Å². The number of aromatic nitrogens is 2. The monoisotopic (exact) mass is 301 g/mol. The van der Waals surface area contributed by atoms with Gasteiger partial charge in [-0.05, 0) is 12.1 Å². The van der Waals surface area contributed by atoms with Crippen molar-refractivity contribution in [1.82, 2.24) is 9.78 Å². The van der Waals surface area contributed by atoms with Crippen molar-refractivity contribution >= 4 is 5.82 Å². The first-order chi connectivity index (χ1) is 9.79. The maximum atomic E-state index is 13.2. The Morgan fingerprint density at radius 1 is 1.14 bits per heavy atom. The Hall–Kier alpha value is -2.38. The van der Waals surface area contributed by atoms with Crippen LogP contribution in [0.1, 0.15) is 5.56 Å². The number of hydrogen-bond donors (Lipinski definition) is 1. The standard InChI is InChI=1S/C13H14F3N3O2/c1-19-12(17)9(6-18-19)8-4-7(20-2)5-10(11(8)21-3)13(14,15)16/h4-6H,17H2,1-3H3. The third-order valence-corrected chi connectivity index (χ3v) is 3.08. The van der Waals surface area contributed by atoms with Gasteiger partial charge in [0.25, 0.3) is 0 Å². The van der Waals surface area contributed by atoms with E-state index >= 15 is 0 Å². The molecule has 2 rings (SSSR count). The van der Waals surface area contributed by atoms with E-state index in [1.54, 1.807) is 7.05 Å². The van der Waals surface area contributed by atoms with Crippen LogP contribution in [0.15, 0.2) is 18.3 Å². The van der Waals surface area contributed by atoms with Crippen LogP contribution in [0.25, 0.3) is 11.1 Å². The van der Waals surface area contributed by atoms with Gasteiger partial charge in [0.1, 0.15) is 22.9 Å². The molecule has 0 spiro atoms. The third kappa shape index (κ3) is 2.61. The molecule has 0 saturated carbocycles. The zero-order valence-corrected chi connectivity index (χ0v) is 11.7. The van der Waals surface area contributed by atoms with E-state index in [1.165, 1.54) is 31.2 Å². The van der Waals surface area contributed by atoms with E-state index in [9.17, 15) is 13.2 Å². The molecule has 1 heterocycles. The lowest BCUT2D eigenvalue weighted by Gasteiger charge is -2.17. The second kappa shape index (κ2) is 5.19. The first-order valence-corrected chi connectivity index (χ1v) is 5.90. The highest BCUT2D eigenvalue weighted by atomic mass is 19.4. The molecule has 0 atom stereocenters. The lowest BCUT2D eigenvalue weighted by molar-refractivity contribution is -0.138. The van der Waals surface area contributed by atoms with E-state index in [2.05, 4.69) is 5.10 Å². The summed E-state index contributed by atoms with van der Waals surface area (Å²) in [6.07, 6.45) is -3.20. The number of benzene rings is 1. The fraction of sp³-hybridized carbons (Fsp3) is 0.308. The topological polar surface area (TPSA) is 62.3 Å². The highest BCUT2D eigenvalue weighted by Gasteiger charge is 2.36. The molecule has 114 valence electrons. The van der Waals surface area contributed by atoms with E-state index in [4.69, 9.17) is 15.2 Å². The molecule has 1 aromatic heterocycles. The fourth-order valence-electron chi connectivity index (χ4n) is 2.01. The highest BCUT2D eigenvalue weighted by molar-refractivity contribution is 5.80. The van der Waals surface area contributed by atoms with Crippen molar-refractivity contribution in [3.05, 3.63) is 23.9 Å². The zero-order chi connectivity index (χ0) is 15.8. The summed E-state index contributed by atoms with van der Waals surface area (Å²) in [4.78, 5) is 0. The van der Waals surface area contributed by atoms with E-state index < -0.39 is 11.7 Å². The molecular formula is C13H14F3N3O2. The minimum Gasteiger partial charge on any atom is -0.497 e. The van der Waals surface area contributed by atoms with Gasteiger partial charge in [-0.25, -0.2) is 0 Å². The van der Waals surface area contributed by atoms with E-state index in [0.29, 0.717) is 5.56 Å². The van der Waals surface area contributed by atoms with Crippen molar-refractivity contribution < 1.29 is 22.6 Å². The lowest BCUT2D eigenvalue weighted by atomic mass is 10.0. The molecule has 0 aliphatic carbocycles. The summed E-state index contributed by atoms with van der Waals surface area (Å²) >= 11 is 0. The van der Waals surface area contributed by atoms with Crippen molar-refractivity contribution in [2.45, 2.75) is 6.18 Å². The number of aryl methyl sites for hydroxylation is 1. The molecule has 0 unspecified atom stereocenters. The lowest BCUT2D eigenvalue weighted by Crippen LogP contribution is -2.09. The molecule has 2 N–H and O–H groups in total. The quantitative estimate of drug-likeness (QED) is 0.947. The second-order valence-corrected chi connectivity index (χ2v) is 4.32. The van der Waals surface area contributed by atoms with Crippen molar-refractivity contribution in [3.63, 3.8) is 0 Å². The number of nitrogen functional groups attached to an aromatic ring is 1. The first kappa shape index (κ1) is 15.0. The second-order valence-electron chi connectivity index (χ2n) is 4.32. The molecular weight excluding hydrogens is 287 g/mol. The Kier molecular flexibility index (Phi) is 3.71. The summed E-state index contributed by atoms with van der Waals surface area (Å²) in [6, 6.07) is 2.32. The van der Waals surface area contributed by atoms with Gasteiger partial charge in [-0.1, -0.05) is 0 Å². The predicted molar refractivity (Wildman–Crippen MR) is 71.2 cm³/mol. The summed E-state index contributed by atoms with van der Waals surface area (Å²) < 4.78 is 50.7. The molecule has 0 saturated heterocycles. The van der Waals surface area contributed by atoms with Crippen molar-refractivity contribution in [2.24, 2.45) is 7.05 Å². The number of nitrogens with two attached hydrogens (primary N) is 1. The summed E-state index contributed by atoms with van der Waals surface area (Å²) in [6.45, 7) is 0. The average Bonchev–Trinajstić information content (AvgIpc) is 2.76. The first-order valence-electron chi connectivity index (χ1n) is 5.90. The number of ether oxygens (including phenoxy) is 2. The Balaban J connectivity index is 2.78. The highest BCUT2D eigenvalue weighted by Crippen LogP contribution is 2.45. The van der Waals surface area contributed by atoms with Crippen LogP contribution in [-0.4, -0.2) is 24.0 Å². The summed E-state index contributed by atoms with van der Waals surface area (Å²) in [5.41, 5.74) is 5.43. The van der Waals surface area contributed by atoms with Crippen LogP contribution < -0.4 is 15.2 Å². The molecule has 0 aliphatic heterocycles. The van der Waals surface area contributed by atoms with Gasteiger partial charge in [0.15, 0.2) is 0 Å². The summed E-state index contributed by atoms with van der Waals surface area (Å²) in [5.74, 6) is -0.0287. The van der Waals surface area contributed by atoms with Crippen LogP contribution in [0.2, 0.25) is 0 Å². The minimum atomic E-state index is -4.58. The largest absolute Gasteiger partial charge is 0.497 e. The Labute approximate surface area is 119 Å². The van der Waals surface area contributed by atoms with Gasteiger partial charge in [0.2, 0.25) is 0 Å². The van der Waals surface area contributed by atoms with Crippen LogP contribution in [0.5, 0.6) is 11.5 Å². The van der Waals surface area contributed by atoms with E-state index in [-0.39, 0.29) is 22.9 Å². The van der Waals surface area contributed by atoms with Gasteiger partial charge in [-0.2, -0.15) is 18.3 Å². The molecule has 0 amide bonds. The van der Waals surface area contributed by atoms with Gasteiger partial charge in [-0.3, -0.25) is 4.68 Å². The number of halogens is 3. The maximum absolute atomic E-state index is 13.2. The number of alkyl halides is 3. The normalized spacial score (nSPS) is 11.5. The van der Waals surface area contributed by atoms with Gasteiger partial charge in [0.05, 0.1) is 20.4 Å². The molecule has 0 fully saturated rings. The van der Waals surface area contributed by atoms with Gasteiger partial charge < -0.3 is 15.2 Å². The van der Waals surface area contributed by atoms with Crippen LogP contribution in [0.4, 0.5) is 19.0 Å². The van der Waals surface area contributed by atoms with Gasteiger partial charge in [0, 0.05) is 18.2 Å². The third-order valence-electron chi connectivity index (χ3n) is 3.08. The predicted octanol–water partition coefficient (Wildman–Crippen LogP) is 2.71. The van der Waals surface area contributed by atoms with Crippen LogP contribution in [0, 0.1) is 0 Å². The smallest absolute Gasteiger partial charge is 0.420 e. The summed E-state index contributed by atoms with van der Waals surface area (Å²) in [5, 5.41) is 3.93. The Morgan fingerprint density at radius 2 is 1.81 bits per heavy atom. The van der Waals surface area contributed by atoms with Crippen LogP contribution in [0.3, 0.4) is 0 Å². The number of methoxy groups -OCH3 is 2. The molecule has 8 heteroatoms.